The summed E-state index contributed by atoms with van der Waals surface area (Å²) in [5, 5.41) is 0. The van der Waals surface area contributed by atoms with Crippen molar-refractivity contribution in [1.29, 1.82) is 0 Å². The van der Waals surface area contributed by atoms with Gasteiger partial charge in [-0.05, 0) is 60.6 Å². The first-order valence-electron chi connectivity index (χ1n) is 9.64. The van der Waals surface area contributed by atoms with Gasteiger partial charge in [0.25, 0.3) is 0 Å². The summed E-state index contributed by atoms with van der Waals surface area (Å²) in [5.74, 6) is 0.431. The van der Waals surface area contributed by atoms with E-state index in [1.807, 2.05) is 12.1 Å². The minimum absolute atomic E-state index is 0.155. The Morgan fingerprint density at radius 2 is 1.69 bits per heavy atom. The molecule has 1 saturated heterocycles. The summed E-state index contributed by atoms with van der Waals surface area (Å²) < 4.78 is 13.0. The van der Waals surface area contributed by atoms with E-state index in [1.165, 1.54) is 35.2 Å². The number of likely N-dealkylation sites (tertiary alicyclic amines) is 1. The number of benzene rings is 2. The van der Waals surface area contributed by atoms with Crippen LogP contribution in [0.5, 0.6) is 0 Å². The largest absolute Gasteiger partial charge is 0.368 e. The second kappa shape index (κ2) is 7.98. The molecule has 0 amide bonds. The van der Waals surface area contributed by atoms with Crippen molar-refractivity contribution in [3.05, 3.63) is 65.0 Å². The van der Waals surface area contributed by atoms with Crippen molar-refractivity contribution >= 4 is 17.3 Å². The maximum Gasteiger partial charge on any atom is 0.123 e. The molecule has 1 fully saturated rings. The lowest BCUT2D eigenvalue weighted by Gasteiger charge is -2.38. The minimum atomic E-state index is -0.155. The van der Waals surface area contributed by atoms with Crippen molar-refractivity contribution in [2.24, 2.45) is 0 Å². The Balaban J connectivity index is 1.31. The standard InChI is InChI=1S/C22H26ClFN2/c23-16-18-1-4-19-8-14-26(22(19)15-18)21-9-12-25(13-10-21)11-7-17-2-5-20(24)6-3-17/h1-6,15,21H,7-14,16H2. The fraction of sp³-hybridized carbons (Fsp3) is 0.455. The van der Waals surface area contributed by atoms with E-state index in [9.17, 15) is 4.39 Å². The zero-order valence-corrected chi connectivity index (χ0v) is 15.9. The van der Waals surface area contributed by atoms with Gasteiger partial charge in [0.2, 0.25) is 0 Å². The molecule has 4 rings (SSSR count). The van der Waals surface area contributed by atoms with Crippen molar-refractivity contribution < 1.29 is 4.39 Å². The molecule has 26 heavy (non-hydrogen) atoms. The Morgan fingerprint density at radius 3 is 2.42 bits per heavy atom. The van der Waals surface area contributed by atoms with Gasteiger partial charge >= 0.3 is 0 Å². The molecule has 2 aliphatic rings. The molecule has 2 nitrogen and oxygen atoms in total. The second-order valence-electron chi connectivity index (χ2n) is 7.49. The third-order valence-electron chi connectivity index (χ3n) is 5.86. The number of anilines is 1. The number of fused-ring (bicyclic) bond motifs is 1. The molecule has 0 N–H and O–H groups in total. The van der Waals surface area contributed by atoms with E-state index < -0.39 is 0 Å². The Bertz CT molecular complexity index is 738. The maximum atomic E-state index is 13.0. The normalized spacial score (nSPS) is 18.3. The molecule has 0 saturated carbocycles. The monoisotopic (exact) mass is 372 g/mol. The van der Waals surface area contributed by atoms with E-state index in [1.54, 1.807) is 12.1 Å². The molecular weight excluding hydrogens is 347 g/mol. The van der Waals surface area contributed by atoms with E-state index in [4.69, 9.17) is 11.6 Å². The van der Waals surface area contributed by atoms with Crippen molar-refractivity contribution in [2.45, 2.75) is 37.6 Å². The number of hydrogen-bond acceptors (Lipinski definition) is 2. The van der Waals surface area contributed by atoms with Crippen molar-refractivity contribution in [1.82, 2.24) is 4.90 Å². The van der Waals surface area contributed by atoms with Crippen molar-refractivity contribution in [2.75, 3.05) is 31.1 Å². The summed E-state index contributed by atoms with van der Waals surface area (Å²) in [6, 6.07) is 14.3. The average Bonchev–Trinajstić information content (AvgIpc) is 3.11. The van der Waals surface area contributed by atoms with Crippen LogP contribution in [-0.2, 0) is 18.7 Å². The molecule has 0 radical (unpaired) electrons. The Labute approximate surface area is 160 Å². The van der Waals surface area contributed by atoms with Gasteiger partial charge in [-0.25, -0.2) is 4.39 Å². The van der Waals surface area contributed by atoms with E-state index in [0.717, 1.165) is 39.0 Å². The average molecular weight is 373 g/mol. The first-order valence-corrected chi connectivity index (χ1v) is 10.2. The van der Waals surface area contributed by atoms with Crippen LogP contribution >= 0.6 is 11.6 Å². The Hall–Kier alpha value is -1.58. The van der Waals surface area contributed by atoms with Gasteiger partial charge in [0.15, 0.2) is 0 Å². The number of piperidine rings is 1. The van der Waals surface area contributed by atoms with Crippen LogP contribution in [0.25, 0.3) is 0 Å². The van der Waals surface area contributed by atoms with Gasteiger partial charge in [0.1, 0.15) is 5.82 Å². The lowest BCUT2D eigenvalue weighted by atomic mass is 10.0. The first kappa shape index (κ1) is 17.8. The number of alkyl halides is 1. The Morgan fingerprint density at radius 1 is 0.962 bits per heavy atom. The molecule has 0 aliphatic carbocycles. The van der Waals surface area contributed by atoms with Gasteiger partial charge in [0, 0.05) is 43.8 Å². The highest BCUT2D eigenvalue weighted by molar-refractivity contribution is 6.17. The van der Waals surface area contributed by atoms with Gasteiger partial charge in [-0.15, -0.1) is 11.6 Å². The fourth-order valence-electron chi connectivity index (χ4n) is 4.30. The zero-order chi connectivity index (χ0) is 17.9. The van der Waals surface area contributed by atoms with Crippen molar-refractivity contribution in [3.8, 4) is 0 Å². The predicted molar refractivity (Wildman–Crippen MR) is 107 cm³/mol. The number of nitrogens with zero attached hydrogens (tertiary/aromatic N) is 2. The van der Waals surface area contributed by atoms with Crippen LogP contribution in [-0.4, -0.2) is 37.1 Å². The van der Waals surface area contributed by atoms with Crippen LogP contribution < -0.4 is 4.90 Å². The highest BCUT2D eigenvalue weighted by Crippen LogP contribution is 2.33. The predicted octanol–water partition coefficient (Wildman–Crippen LogP) is 4.63. The fourth-order valence-corrected chi connectivity index (χ4v) is 4.47. The van der Waals surface area contributed by atoms with Crippen LogP contribution in [0.3, 0.4) is 0 Å². The molecule has 2 aromatic carbocycles. The van der Waals surface area contributed by atoms with Crippen LogP contribution in [0.2, 0.25) is 0 Å². The third kappa shape index (κ3) is 3.89. The highest BCUT2D eigenvalue weighted by Gasteiger charge is 2.29. The summed E-state index contributed by atoms with van der Waals surface area (Å²) in [4.78, 5) is 5.16. The summed E-state index contributed by atoms with van der Waals surface area (Å²) >= 11 is 6.03. The van der Waals surface area contributed by atoms with Gasteiger partial charge < -0.3 is 9.80 Å². The zero-order valence-electron chi connectivity index (χ0n) is 15.1. The molecular formula is C22H26ClFN2. The molecule has 0 spiro atoms. The summed E-state index contributed by atoms with van der Waals surface area (Å²) in [6.45, 7) is 4.49. The molecule has 2 aliphatic heterocycles. The first-order chi connectivity index (χ1) is 12.7. The number of hydrogen-bond donors (Lipinski definition) is 0. The lowest BCUT2D eigenvalue weighted by Crippen LogP contribution is -2.45. The third-order valence-corrected chi connectivity index (χ3v) is 6.17. The van der Waals surface area contributed by atoms with E-state index in [0.29, 0.717) is 11.9 Å². The van der Waals surface area contributed by atoms with E-state index in [2.05, 4.69) is 28.0 Å². The van der Waals surface area contributed by atoms with Gasteiger partial charge in [-0.2, -0.15) is 0 Å². The van der Waals surface area contributed by atoms with Crippen LogP contribution in [0.1, 0.15) is 29.5 Å². The van der Waals surface area contributed by atoms with Crippen molar-refractivity contribution in [3.63, 3.8) is 0 Å². The van der Waals surface area contributed by atoms with E-state index in [-0.39, 0.29) is 5.82 Å². The molecule has 138 valence electrons. The highest BCUT2D eigenvalue weighted by atomic mass is 35.5. The summed E-state index contributed by atoms with van der Waals surface area (Å²) in [7, 11) is 0. The molecule has 2 heterocycles. The number of rotatable bonds is 5. The molecule has 2 aromatic rings. The SMILES string of the molecule is Fc1ccc(CCN2CCC(N3CCc4ccc(CCl)cc43)CC2)cc1. The lowest BCUT2D eigenvalue weighted by molar-refractivity contribution is 0.212. The number of halogens is 2. The quantitative estimate of drug-likeness (QED) is 0.706. The smallest absolute Gasteiger partial charge is 0.123 e. The summed E-state index contributed by atoms with van der Waals surface area (Å²) in [5.41, 5.74) is 5.31. The van der Waals surface area contributed by atoms with E-state index >= 15 is 0 Å². The van der Waals surface area contributed by atoms with Crippen LogP contribution in [0, 0.1) is 5.82 Å². The summed E-state index contributed by atoms with van der Waals surface area (Å²) in [6.07, 6.45) is 4.58. The molecule has 0 unspecified atom stereocenters. The topological polar surface area (TPSA) is 6.48 Å². The minimum Gasteiger partial charge on any atom is -0.368 e. The maximum absolute atomic E-state index is 13.0. The molecule has 0 bridgehead atoms. The Kier molecular flexibility index (Phi) is 5.46. The van der Waals surface area contributed by atoms with Gasteiger partial charge in [-0.3, -0.25) is 0 Å². The molecule has 0 aromatic heterocycles. The van der Waals surface area contributed by atoms with Crippen LogP contribution in [0.4, 0.5) is 10.1 Å². The van der Waals surface area contributed by atoms with Gasteiger partial charge in [-0.1, -0.05) is 24.3 Å². The van der Waals surface area contributed by atoms with Gasteiger partial charge in [0.05, 0.1) is 0 Å². The molecule has 0 atom stereocenters. The molecule has 4 heteroatoms. The van der Waals surface area contributed by atoms with Crippen LogP contribution in [0.15, 0.2) is 42.5 Å². The second-order valence-corrected chi connectivity index (χ2v) is 7.76.